The van der Waals surface area contributed by atoms with Gasteiger partial charge in [-0.25, -0.2) is 4.98 Å². The normalized spacial score (nSPS) is 10.1. The smallest absolute Gasteiger partial charge is 0.127 e. The monoisotopic (exact) mass is 322 g/mol. The van der Waals surface area contributed by atoms with Gasteiger partial charge >= 0.3 is 0 Å². The Morgan fingerprint density at radius 1 is 1.16 bits per heavy atom. The molecule has 0 aliphatic heterocycles. The molecule has 0 fully saturated rings. The number of nitrogens with zero attached hydrogens (tertiary/aromatic N) is 1. The predicted molar refractivity (Wildman–Crippen MR) is 78.8 cm³/mol. The molecule has 0 bridgehead atoms. The lowest BCUT2D eigenvalue weighted by Crippen LogP contribution is -2.03. The van der Waals surface area contributed by atoms with Gasteiger partial charge in [-0.15, -0.1) is 0 Å². The summed E-state index contributed by atoms with van der Waals surface area (Å²) in [6, 6.07) is 9.62. The zero-order chi connectivity index (χ0) is 13.7. The van der Waals surface area contributed by atoms with E-state index in [0.29, 0.717) is 6.54 Å². The number of benzene rings is 1. The Bertz CT molecular complexity index is 544. The lowest BCUT2D eigenvalue weighted by atomic mass is 10.2. The van der Waals surface area contributed by atoms with Crippen LogP contribution in [0.25, 0.3) is 0 Å². The average molecular weight is 323 g/mol. The molecule has 100 valence electrons. The number of hydrogen-bond donors (Lipinski definition) is 1. The molecule has 1 aromatic carbocycles. The van der Waals surface area contributed by atoms with Crippen LogP contribution in [0.5, 0.6) is 11.5 Å². The molecule has 0 amide bonds. The highest BCUT2D eigenvalue weighted by Gasteiger charge is 2.05. The Labute approximate surface area is 120 Å². The third-order valence-corrected chi connectivity index (χ3v) is 3.15. The zero-order valence-electron chi connectivity index (χ0n) is 10.8. The van der Waals surface area contributed by atoms with Crippen molar-refractivity contribution in [3.8, 4) is 11.5 Å². The molecule has 5 heteroatoms. The Kier molecular flexibility index (Phi) is 4.63. The molecule has 4 nitrogen and oxygen atoms in total. The molecule has 0 spiro atoms. The third-order valence-electron chi connectivity index (χ3n) is 2.68. The van der Waals surface area contributed by atoms with Crippen molar-refractivity contribution in [1.29, 1.82) is 0 Å². The fourth-order valence-electron chi connectivity index (χ4n) is 1.66. The molecule has 1 aromatic heterocycles. The molecular weight excluding hydrogens is 308 g/mol. The van der Waals surface area contributed by atoms with E-state index in [1.165, 1.54) is 0 Å². The molecule has 2 rings (SSSR count). The second kappa shape index (κ2) is 6.43. The van der Waals surface area contributed by atoms with Crippen LogP contribution < -0.4 is 14.8 Å². The summed E-state index contributed by atoms with van der Waals surface area (Å²) in [4.78, 5) is 4.26. The van der Waals surface area contributed by atoms with Gasteiger partial charge < -0.3 is 14.8 Å². The van der Waals surface area contributed by atoms with Crippen LogP contribution in [0.15, 0.2) is 41.0 Å². The van der Waals surface area contributed by atoms with Crippen molar-refractivity contribution in [1.82, 2.24) is 4.98 Å². The highest BCUT2D eigenvalue weighted by Crippen LogP contribution is 2.25. The molecule has 1 heterocycles. The number of ether oxygens (including phenoxy) is 2. The molecule has 0 saturated heterocycles. The maximum Gasteiger partial charge on any atom is 0.127 e. The first-order chi connectivity index (χ1) is 9.22. The Balaban J connectivity index is 2.08. The summed E-state index contributed by atoms with van der Waals surface area (Å²) in [5.74, 6) is 2.40. The largest absolute Gasteiger partial charge is 0.497 e. The first-order valence-electron chi connectivity index (χ1n) is 5.79. The topological polar surface area (TPSA) is 43.4 Å². The molecule has 1 N–H and O–H groups in total. The summed E-state index contributed by atoms with van der Waals surface area (Å²) in [6.45, 7) is 0.641. The number of hydrogen-bond acceptors (Lipinski definition) is 4. The molecule has 0 aliphatic rings. The van der Waals surface area contributed by atoms with Gasteiger partial charge in [-0.1, -0.05) is 0 Å². The van der Waals surface area contributed by atoms with E-state index in [1.54, 1.807) is 20.4 Å². The summed E-state index contributed by atoms with van der Waals surface area (Å²) >= 11 is 3.36. The van der Waals surface area contributed by atoms with Crippen LogP contribution in [-0.2, 0) is 6.54 Å². The van der Waals surface area contributed by atoms with Crippen molar-refractivity contribution in [3.05, 3.63) is 46.6 Å². The van der Waals surface area contributed by atoms with E-state index < -0.39 is 0 Å². The van der Waals surface area contributed by atoms with Crippen LogP contribution in [-0.4, -0.2) is 19.2 Å². The number of aromatic nitrogens is 1. The van der Waals surface area contributed by atoms with E-state index in [9.17, 15) is 0 Å². The molecule has 0 radical (unpaired) electrons. The molecule has 0 saturated carbocycles. The minimum atomic E-state index is 0.641. The van der Waals surface area contributed by atoms with Gasteiger partial charge in [-0.3, -0.25) is 0 Å². The van der Waals surface area contributed by atoms with Crippen LogP contribution in [0, 0.1) is 0 Å². The van der Waals surface area contributed by atoms with Crippen molar-refractivity contribution < 1.29 is 9.47 Å². The lowest BCUT2D eigenvalue weighted by molar-refractivity contribution is 0.391. The number of pyridine rings is 1. The molecule has 0 atom stereocenters. The molecule has 19 heavy (non-hydrogen) atoms. The highest BCUT2D eigenvalue weighted by atomic mass is 79.9. The van der Waals surface area contributed by atoms with Crippen LogP contribution in [0.4, 0.5) is 5.82 Å². The number of rotatable bonds is 5. The summed E-state index contributed by atoms with van der Waals surface area (Å²) in [5.41, 5.74) is 1.05. The minimum absolute atomic E-state index is 0.641. The van der Waals surface area contributed by atoms with Crippen LogP contribution >= 0.6 is 15.9 Å². The van der Waals surface area contributed by atoms with Gasteiger partial charge in [0.2, 0.25) is 0 Å². The van der Waals surface area contributed by atoms with E-state index in [4.69, 9.17) is 9.47 Å². The second-order valence-corrected chi connectivity index (χ2v) is 4.81. The minimum Gasteiger partial charge on any atom is -0.497 e. The van der Waals surface area contributed by atoms with Crippen molar-refractivity contribution >= 4 is 21.7 Å². The fourth-order valence-corrected chi connectivity index (χ4v) is 1.90. The Morgan fingerprint density at radius 3 is 2.63 bits per heavy atom. The number of methoxy groups -OCH3 is 2. The SMILES string of the molecule is COc1ccc(CNc2ccc(Br)cn2)c(OC)c1. The zero-order valence-corrected chi connectivity index (χ0v) is 12.4. The fraction of sp³-hybridized carbons (Fsp3) is 0.214. The highest BCUT2D eigenvalue weighted by molar-refractivity contribution is 9.10. The van der Waals surface area contributed by atoms with Gasteiger partial charge in [-0.2, -0.15) is 0 Å². The van der Waals surface area contributed by atoms with Gasteiger partial charge in [-0.05, 0) is 40.2 Å². The molecule has 2 aromatic rings. The predicted octanol–water partition coefficient (Wildman–Crippen LogP) is 3.47. The molecular formula is C14H15BrN2O2. The van der Waals surface area contributed by atoms with E-state index in [-0.39, 0.29) is 0 Å². The second-order valence-electron chi connectivity index (χ2n) is 3.89. The third kappa shape index (κ3) is 3.61. The van der Waals surface area contributed by atoms with Crippen LogP contribution in [0.3, 0.4) is 0 Å². The van der Waals surface area contributed by atoms with Crippen molar-refractivity contribution in [2.45, 2.75) is 6.54 Å². The van der Waals surface area contributed by atoms with E-state index in [1.807, 2.05) is 30.3 Å². The number of nitrogens with one attached hydrogen (secondary N) is 1. The summed E-state index contributed by atoms with van der Waals surface area (Å²) in [7, 11) is 3.29. The van der Waals surface area contributed by atoms with Gasteiger partial charge in [0, 0.05) is 28.8 Å². The van der Waals surface area contributed by atoms with E-state index >= 15 is 0 Å². The lowest BCUT2D eigenvalue weighted by Gasteiger charge is -2.11. The molecule has 0 aliphatic carbocycles. The number of anilines is 1. The first-order valence-corrected chi connectivity index (χ1v) is 6.58. The van der Waals surface area contributed by atoms with Gasteiger partial charge in [0.25, 0.3) is 0 Å². The van der Waals surface area contributed by atoms with Gasteiger partial charge in [0.15, 0.2) is 0 Å². The van der Waals surface area contributed by atoms with E-state index in [0.717, 1.165) is 27.4 Å². The molecule has 0 unspecified atom stereocenters. The Morgan fingerprint density at radius 2 is 2.00 bits per heavy atom. The maximum absolute atomic E-state index is 5.35. The average Bonchev–Trinajstić information content (AvgIpc) is 2.46. The maximum atomic E-state index is 5.35. The Hall–Kier alpha value is -1.75. The van der Waals surface area contributed by atoms with Crippen molar-refractivity contribution in [2.24, 2.45) is 0 Å². The number of halogens is 1. The van der Waals surface area contributed by atoms with Crippen LogP contribution in [0.1, 0.15) is 5.56 Å². The van der Waals surface area contributed by atoms with E-state index in [2.05, 4.69) is 26.2 Å². The van der Waals surface area contributed by atoms with Crippen molar-refractivity contribution in [2.75, 3.05) is 19.5 Å². The summed E-state index contributed by atoms with van der Waals surface area (Å²) in [6.07, 6.45) is 1.76. The first kappa shape index (κ1) is 13.7. The van der Waals surface area contributed by atoms with Gasteiger partial charge in [0.05, 0.1) is 14.2 Å². The summed E-state index contributed by atoms with van der Waals surface area (Å²) in [5, 5.41) is 3.25. The van der Waals surface area contributed by atoms with Gasteiger partial charge in [0.1, 0.15) is 17.3 Å². The quantitative estimate of drug-likeness (QED) is 0.915. The summed E-state index contributed by atoms with van der Waals surface area (Å²) < 4.78 is 11.5. The van der Waals surface area contributed by atoms with Crippen molar-refractivity contribution in [3.63, 3.8) is 0 Å². The van der Waals surface area contributed by atoms with Crippen LogP contribution in [0.2, 0.25) is 0 Å². The standard InChI is InChI=1S/C14H15BrN2O2/c1-18-12-5-3-10(13(7-12)19-2)8-16-14-6-4-11(15)9-17-14/h3-7,9H,8H2,1-2H3,(H,16,17).